The number of hydrogen-bond acceptors (Lipinski definition) is 8. The van der Waals surface area contributed by atoms with E-state index in [9.17, 15) is 9.59 Å². The largest absolute Gasteiger partial charge is 0.482 e. The van der Waals surface area contributed by atoms with E-state index in [2.05, 4.69) is 15.1 Å². The second-order valence-electron chi connectivity index (χ2n) is 5.65. The summed E-state index contributed by atoms with van der Waals surface area (Å²) in [5.41, 5.74) is 1.22. The highest BCUT2D eigenvalue weighted by Gasteiger charge is 2.27. The van der Waals surface area contributed by atoms with Crippen LogP contribution in [0.15, 0.2) is 53.3 Å². The number of carbonyl (C=O) groups excluding carboxylic acids is 2. The van der Waals surface area contributed by atoms with Gasteiger partial charge < -0.3 is 14.0 Å². The zero-order valence-corrected chi connectivity index (χ0v) is 14.1. The Morgan fingerprint density at radius 2 is 2.11 bits per heavy atom. The molecule has 0 aliphatic carbocycles. The van der Waals surface area contributed by atoms with E-state index in [1.54, 1.807) is 48.8 Å². The highest BCUT2D eigenvalue weighted by molar-refractivity contribution is 6.01. The van der Waals surface area contributed by atoms with Crippen molar-refractivity contribution in [1.82, 2.24) is 15.1 Å². The van der Waals surface area contributed by atoms with E-state index in [0.717, 1.165) is 0 Å². The van der Waals surface area contributed by atoms with E-state index >= 15 is 0 Å². The van der Waals surface area contributed by atoms with Crippen LogP contribution in [-0.2, 0) is 20.9 Å². The molecule has 0 bridgehead atoms. The Morgan fingerprint density at radius 3 is 2.96 bits per heavy atom. The second-order valence-corrected chi connectivity index (χ2v) is 5.65. The molecule has 3 heterocycles. The molecule has 2 aromatic heterocycles. The first-order valence-corrected chi connectivity index (χ1v) is 8.11. The smallest absolute Gasteiger partial charge is 0.326 e. The van der Waals surface area contributed by atoms with E-state index in [4.69, 9.17) is 14.0 Å². The SMILES string of the molecule is O=C(CN1C(=O)COc2ccccc21)OCc1nc(-c2cccnc2)no1. The van der Waals surface area contributed by atoms with Crippen LogP contribution in [0.4, 0.5) is 5.69 Å². The standard InChI is InChI=1S/C18H14N4O5/c23-16-11-25-14-6-2-1-5-13(14)22(16)9-17(24)26-10-15-20-18(21-27-15)12-4-3-7-19-8-12/h1-8H,9-11H2. The van der Waals surface area contributed by atoms with Crippen LogP contribution in [0.3, 0.4) is 0 Å². The van der Waals surface area contributed by atoms with Crippen molar-refractivity contribution >= 4 is 17.6 Å². The first-order valence-electron chi connectivity index (χ1n) is 8.11. The highest BCUT2D eigenvalue weighted by Crippen LogP contribution is 2.31. The second kappa shape index (κ2) is 7.24. The lowest BCUT2D eigenvalue weighted by atomic mass is 10.2. The third kappa shape index (κ3) is 3.61. The maximum Gasteiger partial charge on any atom is 0.326 e. The highest BCUT2D eigenvalue weighted by atomic mass is 16.6. The number of ether oxygens (including phenoxy) is 2. The first kappa shape index (κ1) is 16.7. The molecule has 0 radical (unpaired) electrons. The summed E-state index contributed by atoms with van der Waals surface area (Å²) in [6.45, 7) is -0.544. The van der Waals surface area contributed by atoms with Crippen LogP contribution in [-0.4, -0.2) is 40.2 Å². The van der Waals surface area contributed by atoms with Crippen LogP contribution < -0.4 is 9.64 Å². The van der Waals surface area contributed by atoms with Crippen LogP contribution in [0.1, 0.15) is 5.89 Å². The van der Waals surface area contributed by atoms with Crippen molar-refractivity contribution in [2.75, 3.05) is 18.1 Å². The number of benzene rings is 1. The van der Waals surface area contributed by atoms with Crippen LogP contribution in [0.5, 0.6) is 5.75 Å². The van der Waals surface area contributed by atoms with Crippen molar-refractivity contribution in [3.05, 3.63) is 54.7 Å². The van der Waals surface area contributed by atoms with Gasteiger partial charge in [0.1, 0.15) is 12.3 Å². The van der Waals surface area contributed by atoms with Gasteiger partial charge in [-0.25, -0.2) is 0 Å². The number of hydrogen-bond donors (Lipinski definition) is 0. The maximum absolute atomic E-state index is 12.2. The predicted octanol–water partition coefficient (Wildman–Crippen LogP) is 1.60. The quantitative estimate of drug-likeness (QED) is 0.627. The topological polar surface area (TPSA) is 108 Å². The first-order chi connectivity index (χ1) is 13.2. The summed E-state index contributed by atoms with van der Waals surface area (Å²) in [6, 6.07) is 10.5. The van der Waals surface area contributed by atoms with Gasteiger partial charge in [0.05, 0.1) is 5.69 Å². The number of pyridine rings is 1. The molecule has 9 heteroatoms. The fraction of sp³-hybridized carbons (Fsp3) is 0.167. The Morgan fingerprint density at radius 1 is 1.22 bits per heavy atom. The summed E-state index contributed by atoms with van der Waals surface area (Å²) in [6.07, 6.45) is 3.24. The third-order valence-corrected chi connectivity index (χ3v) is 3.84. The molecular weight excluding hydrogens is 352 g/mol. The minimum Gasteiger partial charge on any atom is -0.482 e. The Labute approximate surface area is 153 Å². The van der Waals surface area contributed by atoms with Crippen molar-refractivity contribution in [2.24, 2.45) is 0 Å². The molecule has 0 unspecified atom stereocenters. The molecule has 1 aliphatic heterocycles. The molecule has 1 amide bonds. The van der Waals surface area contributed by atoms with Gasteiger partial charge in [-0.05, 0) is 24.3 Å². The number of aromatic nitrogens is 3. The van der Waals surface area contributed by atoms with E-state index in [0.29, 0.717) is 22.8 Å². The summed E-state index contributed by atoms with van der Waals surface area (Å²) in [7, 11) is 0. The molecule has 0 spiro atoms. The zero-order chi connectivity index (χ0) is 18.6. The molecule has 1 aliphatic rings. The molecule has 0 N–H and O–H groups in total. The van der Waals surface area contributed by atoms with E-state index in [1.807, 2.05) is 0 Å². The van der Waals surface area contributed by atoms with E-state index in [1.165, 1.54) is 4.90 Å². The number of para-hydroxylation sites is 2. The Kier molecular flexibility index (Phi) is 4.48. The molecule has 1 aromatic carbocycles. The van der Waals surface area contributed by atoms with Gasteiger partial charge in [-0.1, -0.05) is 17.3 Å². The number of fused-ring (bicyclic) bond motifs is 1. The fourth-order valence-electron chi connectivity index (χ4n) is 2.57. The van der Waals surface area contributed by atoms with Gasteiger partial charge in [0.25, 0.3) is 11.8 Å². The summed E-state index contributed by atoms with van der Waals surface area (Å²) < 4.78 is 15.6. The summed E-state index contributed by atoms with van der Waals surface area (Å²) >= 11 is 0. The lowest BCUT2D eigenvalue weighted by Crippen LogP contribution is -2.42. The molecule has 9 nitrogen and oxygen atoms in total. The average molecular weight is 366 g/mol. The Bertz CT molecular complexity index is 973. The van der Waals surface area contributed by atoms with Gasteiger partial charge in [-0.3, -0.25) is 19.5 Å². The minimum atomic E-state index is -0.596. The fourth-order valence-corrected chi connectivity index (χ4v) is 2.57. The van der Waals surface area contributed by atoms with Gasteiger partial charge >= 0.3 is 5.97 Å². The lowest BCUT2D eigenvalue weighted by molar-refractivity contribution is -0.145. The summed E-state index contributed by atoms with van der Waals surface area (Å²) in [5.74, 6) is 0.133. The van der Waals surface area contributed by atoms with Crippen LogP contribution >= 0.6 is 0 Å². The predicted molar refractivity (Wildman–Crippen MR) is 91.6 cm³/mol. The minimum absolute atomic E-state index is 0.123. The molecule has 0 saturated carbocycles. The van der Waals surface area contributed by atoms with Gasteiger partial charge in [0.2, 0.25) is 5.82 Å². The van der Waals surface area contributed by atoms with Crippen molar-refractivity contribution in [2.45, 2.75) is 6.61 Å². The summed E-state index contributed by atoms with van der Waals surface area (Å²) in [5, 5.41) is 3.82. The monoisotopic (exact) mass is 366 g/mol. The van der Waals surface area contributed by atoms with E-state index in [-0.39, 0.29) is 31.6 Å². The molecule has 0 atom stereocenters. The number of nitrogens with zero attached hydrogens (tertiary/aromatic N) is 4. The number of anilines is 1. The van der Waals surface area contributed by atoms with Crippen LogP contribution in [0.25, 0.3) is 11.4 Å². The van der Waals surface area contributed by atoms with Crippen LogP contribution in [0, 0.1) is 0 Å². The summed E-state index contributed by atoms with van der Waals surface area (Å²) in [4.78, 5) is 33.7. The number of amides is 1. The molecule has 4 rings (SSSR count). The Hall–Kier alpha value is -3.75. The maximum atomic E-state index is 12.2. The lowest BCUT2D eigenvalue weighted by Gasteiger charge is -2.28. The molecule has 0 fully saturated rings. The number of rotatable bonds is 5. The average Bonchev–Trinajstić information content (AvgIpc) is 3.18. The van der Waals surface area contributed by atoms with Gasteiger partial charge in [-0.15, -0.1) is 0 Å². The number of carbonyl (C=O) groups is 2. The Balaban J connectivity index is 1.38. The molecule has 136 valence electrons. The van der Waals surface area contributed by atoms with Gasteiger partial charge in [-0.2, -0.15) is 4.98 Å². The van der Waals surface area contributed by atoms with Crippen LogP contribution in [0.2, 0.25) is 0 Å². The van der Waals surface area contributed by atoms with Gasteiger partial charge in [0, 0.05) is 18.0 Å². The van der Waals surface area contributed by atoms with Gasteiger partial charge in [0.15, 0.2) is 13.2 Å². The molecular formula is C18H14N4O5. The van der Waals surface area contributed by atoms with Crippen molar-refractivity contribution in [1.29, 1.82) is 0 Å². The normalized spacial score (nSPS) is 13.0. The zero-order valence-electron chi connectivity index (χ0n) is 14.1. The van der Waals surface area contributed by atoms with Crippen molar-refractivity contribution in [3.8, 4) is 17.1 Å². The molecule has 27 heavy (non-hydrogen) atoms. The molecule has 3 aromatic rings. The van der Waals surface area contributed by atoms with Crippen molar-refractivity contribution < 1.29 is 23.6 Å². The van der Waals surface area contributed by atoms with Crippen molar-refractivity contribution in [3.63, 3.8) is 0 Å². The number of esters is 1. The molecule has 0 saturated heterocycles. The third-order valence-electron chi connectivity index (χ3n) is 3.84. The van der Waals surface area contributed by atoms with E-state index < -0.39 is 5.97 Å².